The lowest BCUT2D eigenvalue weighted by Gasteiger charge is -2.22. The number of benzene rings is 1. The van der Waals surface area contributed by atoms with Gasteiger partial charge >= 0.3 is 12.1 Å². The number of hydrogen-bond donors (Lipinski definition) is 4. The lowest BCUT2D eigenvalue weighted by Crippen LogP contribution is -2.44. The maximum atomic E-state index is 11.7. The molecule has 1 aromatic carbocycles. The summed E-state index contributed by atoms with van der Waals surface area (Å²) in [5, 5.41) is 18.8. The fourth-order valence-corrected chi connectivity index (χ4v) is 1.71. The van der Waals surface area contributed by atoms with Crippen LogP contribution in [0.4, 0.5) is 4.79 Å². The summed E-state index contributed by atoms with van der Waals surface area (Å²) in [4.78, 5) is 22.9. The van der Waals surface area contributed by atoms with E-state index in [-0.39, 0.29) is 24.7 Å². The molecule has 0 fully saturated rings. The fourth-order valence-electron chi connectivity index (χ4n) is 1.71. The van der Waals surface area contributed by atoms with E-state index in [4.69, 9.17) is 15.9 Å². The minimum Gasteiger partial charge on any atom is -0.480 e. The third-order valence-corrected chi connectivity index (χ3v) is 2.69. The van der Waals surface area contributed by atoms with Gasteiger partial charge < -0.3 is 20.9 Å². The van der Waals surface area contributed by atoms with Crippen LogP contribution < -0.4 is 11.1 Å². The first kappa shape index (κ1) is 20.7. The molecular formula is C15H22ClN3O4. The summed E-state index contributed by atoms with van der Waals surface area (Å²) in [7, 11) is 0. The topological polar surface area (TPSA) is 126 Å². The van der Waals surface area contributed by atoms with Gasteiger partial charge in [-0.1, -0.05) is 24.3 Å². The highest BCUT2D eigenvalue weighted by Gasteiger charge is 2.24. The monoisotopic (exact) mass is 343 g/mol. The number of nitrogens with two attached hydrogens (primary N) is 1. The summed E-state index contributed by atoms with van der Waals surface area (Å²) in [6.07, 6.45) is -0.674. The van der Waals surface area contributed by atoms with E-state index in [9.17, 15) is 14.7 Å². The minimum absolute atomic E-state index is 0. The van der Waals surface area contributed by atoms with Gasteiger partial charge in [0.25, 0.3) is 0 Å². The van der Waals surface area contributed by atoms with Crippen molar-refractivity contribution in [3.63, 3.8) is 0 Å². The number of aliphatic carboxylic acids is 1. The Balaban J connectivity index is 0.00000484. The first-order chi connectivity index (χ1) is 10.1. The van der Waals surface area contributed by atoms with Crippen molar-refractivity contribution in [1.29, 1.82) is 5.41 Å². The van der Waals surface area contributed by atoms with E-state index >= 15 is 0 Å². The van der Waals surface area contributed by atoms with Crippen LogP contribution in [0.25, 0.3) is 0 Å². The maximum absolute atomic E-state index is 11.7. The quantitative estimate of drug-likeness (QED) is 0.480. The third-order valence-electron chi connectivity index (χ3n) is 2.69. The van der Waals surface area contributed by atoms with Crippen molar-refractivity contribution in [3.05, 3.63) is 35.4 Å². The number of halogens is 1. The molecule has 0 aliphatic rings. The predicted molar refractivity (Wildman–Crippen MR) is 89.2 cm³/mol. The van der Waals surface area contributed by atoms with Gasteiger partial charge in [0.05, 0.1) is 0 Å². The molecule has 0 spiro atoms. The Hall–Kier alpha value is -2.28. The highest BCUT2D eigenvalue weighted by Crippen LogP contribution is 2.09. The van der Waals surface area contributed by atoms with Crippen LogP contribution in [-0.2, 0) is 16.0 Å². The van der Waals surface area contributed by atoms with E-state index in [2.05, 4.69) is 5.32 Å². The molecular weight excluding hydrogens is 322 g/mol. The molecule has 1 amide bonds. The summed E-state index contributed by atoms with van der Waals surface area (Å²) < 4.78 is 5.05. The molecule has 0 radical (unpaired) electrons. The molecule has 0 aliphatic carbocycles. The Morgan fingerprint density at radius 2 is 1.83 bits per heavy atom. The number of ether oxygens (including phenoxy) is 1. The second-order valence-corrected chi connectivity index (χ2v) is 5.85. The van der Waals surface area contributed by atoms with Crippen molar-refractivity contribution in [3.8, 4) is 0 Å². The Kier molecular flexibility index (Phi) is 7.55. The van der Waals surface area contributed by atoms with Crippen molar-refractivity contribution in [2.24, 2.45) is 5.73 Å². The van der Waals surface area contributed by atoms with Gasteiger partial charge in [-0.05, 0) is 26.3 Å². The third kappa shape index (κ3) is 7.51. The summed E-state index contributed by atoms with van der Waals surface area (Å²) in [5.74, 6) is -1.21. The Labute approximate surface area is 141 Å². The second-order valence-electron chi connectivity index (χ2n) is 5.85. The van der Waals surface area contributed by atoms with Gasteiger partial charge in [-0.15, -0.1) is 12.4 Å². The van der Waals surface area contributed by atoms with Gasteiger partial charge in [-0.25, -0.2) is 9.59 Å². The van der Waals surface area contributed by atoms with Gasteiger partial charge in [-0.2, -0.15) is 0 Å². The van der Waals surface area contributed by atoms with Crippen LogP contribution in [0.5, 0.6) is 0 Å². The molecule has 0 unspecified atom stereocenters. The molecule has 1 aromatic rings. The second kappa shape index (κ2) is 8.38. The van der Waals surface area contributed by atoms with E-state index in [1.54, 1.807) is 45.0 Å². The molecule has 1 rings (SSSR count). The minimum atomic E-state index is -1.15. The number of carbonyl (C=O) groups excluding carboxylic acids is 1. The Morgan fingerprint density at radius 3 is 2.22 bits per heavy atom. The number of carboxylic acids is 1. The van der Waals surface area contributed by atoms with E-state index in [0.29, 0.717) is 11.1 Å². The van der Waals surface area contributed by atoms with E-state index < -0.39 is 23.7 Å². The van der Waals surface area contributed by atoms with Crippen LogP contribution in [0.1, 0.15) is 31.9 Å². The number of alkyl carbamates (subject to hydrolysis) is 1. The lowest BCUT2D eigenvalue weighted by molar-refractivity contribution is -0.139. The molecule has 0 bridgehead atoms. The summed E-state index contributed by atoms with van der Waals surface area (Å²) in [5.41, 5.74) is 5.91. The molecule has 0 aromatic heterocycles. The molecule has 0 saturated carbocycles. The summed E-state index contributed by atoms with van der Waals surface area (Å²) in [6, 6.07) is 5.50. The smallest absolute Gasteiger partial charge is 0.408 e. The van der Waals surface area contributed by atoms with Crippen LogP contribution in [0.3, 0.4) is 0 Å². The van der Waals surface area contributed by atoms with Gasteiger partial charge in [0.15, 0.2) is 0 Å². The molecule has 23 heavy (non-hydrogen) atoms. The van der Waals surface area contributed by atoms with E-state index in [0.717, 1.165) is 0 Å². The SMILES string of the molecule is CC(C)(C)OC(=O)N[C@@H](Cc1ccc(C(=N)N)cc1)C(=O)O.Cl. The zero-order valence-corrected chi connectivity index (χ0v) is 14.1. The molecule has 8 heteroatoms. The average Bonchev–Trinajstić information content (AvgIpc) is 2.36. The zero-order chi connectivity index (χ0) is 16.9. The molecule has 0 heterocycles. The van der Waals surface area contributed by atoms with Crippen molar-refractivity contribution in [2.75, 3.05) is 0 Å². The van der Waals surface area contributed by atoms with Crippen molar-refractivity contribution < 1.29 is 19.4 Å². The number of carboxylic acid groups (broad SMARTS) is 1. The summed E-state index contributed by atoms with van der Waals surface area (Å²) >= 11 is 0. The van der Waals surface area contributed by atoms with Crippen molar-refractivity contribution in [1.82, 2.24) is 5.32 Å². The van der Waals surface area contributed by atoms with Gasteiger partial charge in [-0.3, -0.25) is 5.41 Å². The molecule has 0 saturated heterocycles. The highest BCUT2D eigenvalue weighted by atomic mass is 35.5. The average molecular weight is 344 g/mol. The Bertz CT molecular complexity index is 567. The van der Waals surface area contributed by atoms with Crippen LogP contribution >= 0.6 is 12.4 Å². The molecule has 1 atom stereocenters. The number of amides is 1. The normalized spacial score (nSPS) is 11.8. The number of carbonyl (C=O) groups is 2. The predicted octanol–water partition coefficient (Wildman–Crippen LogP) is 1.91. The zero-order valence-electron chi connectivity index (χ0n) is 13.3. The van der Waals surface area contributed by atoms with Crippen LogP contribution in [-0.4, -0.2) is 34.6 Å². The van der Waals surface area contributed by atoms with Crippen LogP contribution in [0.15, 0.2) is 24.3 Å². The number of amidine groups is 1. The van der Waals surface area contributed by atoms with Gasteiger partial charge in [0.2, 0.25) is 0 Å². The molecule has 128 valence electrons. The van der Waals surface area contributed by atoms with Crippen LogP contribution in [0.2, 0.25) is 0 Å². The maximum Gasteiger partial charge on any atom is 0.408 e. The largest absolute Gasteiger partial charge is 0.480 e. The van der Waals surface area contributed by atoms with Gasteiger partial charge in [0, 0.05) is 12.0 Å². The Morgan fingerprint density at radius 1 is 1.30 bits per heavy atom. The van der Waals surface area contributed by atoms with E-state index in [1.807, 2.05) is 0 Å². The standard InChI is InChI=1S/C15H21N3O4.ClH/c1-15(2,3)22-14(21)18-11(13(19)20)8-9-4-6-10(7-5-9)12(16)17;/h4-7,11H,8H2,1-3H3,(H3,16,17)(H,18,21)(H,19,20);1H/t11-;/m0./s1. The summed E-state index contributed by atoms with van der Waals surface area (Å²) in [6.45, 7) is 5.09. The number of hydrogen-bond acceptors (Lipinski definition) is 4. The first-order valence-electron chi connectivity index (χ1n) is 6.74. The molecule has 5 N–H and O–H groups in total. The van der Waals surface area contributed by atoms with Crippen LogP contribution in [0, 0.1) is 5.41 Å². The lowest BCUT2D eigenvalue weighted by atomic mass is 10.0. The van der Waals surface area contributed by atoms with Crippen molar-refractivity contribution >= 4 is 30.3 Å². The highest BCUT2D eigenvalue weighted by molar-refractivity contribution is 5.94. The molecule has 7 nitrogen and oxygen atoms in total. The van der Waals surface area contributed by atoms with Crippen molar-refractivity contribution in [2.45, 2.75) is 38.8 Å². The van der Waals surface area contributed by atoms with E-state index in [1.165, 1.54) is 0 Å². The fraction of sp³-hybridized carbons (Fsp3) is 0.400. The first-order valence-corrected chi connectivity index (χ1v) is 6.74. The number of rotatable bonds is 5. The number of nitrogen functional groups attached to an aromatic ring is 1. The van der Waals surface area contributed by atoms with Gasteiger partial charge in [0.1, 0.15) is 17.5 Å². The number of nitrogens with one attached hydrogen (secondary N) is 2. The molecule has 0 aliphatic heterocycles.